The zero-order chi connectivity index (χ0) is 19.8. The summed E-state index contributed by atoms with van der Waals surface area (Å²) < 4.78 is 13.3. The van der Waals surface area contributed by atoms with Crippen LogP contribution in [0.2, 0.25) is 0 Å². The summed E-state index contributed by atoms with van der Waals surface area (Å²) in [6, 6.07) is 5.91. The standard InChI is InChI=1S/C21H29N3O3/c1-13(2)12-27-17-8-7-14(9-18(17)26-6)15-10-19(25)23-20-16(15)11-22-24(20)21(3,4)5/h7-9,11,13,15H,10,12H2,1-6H3,(H,23,25). The van der Waals surface area contributed by atoms with E-state index in [2.05, 4.69) is 45.0 Å². The number of ether oxygens (including phenoxy) is 2. The van der Waals surface area contributed by atoms with Gasteiger partial charge in [0.05, 0.1) is 25.5 Å². The van der Waals surface area contributed by atoms with Crippen LogP contribution in [0.1, 0.15) is 58.1 Å². The van der Waals surface area contributed by atoms with Crippen molar-refractivity contribution >= 4 is 11.7 Å². The van der Waals surface area contributed by atoms with Gasteiger partial charge in [0, 0.05) is 17.9 Å². The average molecular weight is 371 g/mol. The highest BCUT2D eigenvalue weighted by Gasteiger charge is 2.33. The number of amides is 1. The molecule has 2 aromatic rings. The van der Waals surface area contributed by atoms with Crippen molar-refractivity contribution in [2.75, 3.05) is 19.0 Å². The fourth-order valence-electron chi connectivity index (χ4n) is 3.30. The molecule has 3 rings (SSSR count). The molecule has 146 valence electrons. The quantitative estimate of drug-likeness (QED) is 0.857. The Bertz CT molecular complexity index is 834. The highest BCUT2D eigenvalue weighted by Crippen LogP contribution is 2.41. The van der Waals surface area contributed by atoms with Crippen molar-refractivity contribution in [3.05, 3.63) is 35.5 Å². The number of hydrogen-bond donors (Lipinski definition) is 1. The van der Waals surface area contributed by atoms with Gasteiger partial charge in [0.15, 0.2) is 11.5 Å². The molecule has 6 nitrogen and oxygen atoms in total. The van der Waals surface area contributed by atoms with Gasteiger partial charge in [0.1, 0.15) is 5.82 Å². The summed E-state index contributed by atoms with van der Waals surface area (Å²) >= 11 is 0. The predicted molar refractivity (Wildman–Crippen MR) is 106 cm³/mol. The topological polar surface area (TPSA) is 65.4 Å². The summed E-state index contributed by atoms with van der Waals surface area (Å²) in [5, 5.41) is 7.53. The molecule has 1 aliphatic rings. The third kappa shape index (κ3) is 3.94. The van der Waals surface area contributed by atoms with E-state index in [0.29, 0.717) is 24.7 Å². The molecule has 1 aromatic heterocycles. The first-order valence-electron chi connectivity index (χ1n) is 9.39. The fourth-order valence-corrected chi connectivity index (χ4v) is 3.30. The maximum Gasteiger partial charge on any atom is 0.226 e. The minimum atomic E-state index is -0.213. The lowest BCUT2D eigenvalue weighted by Crippen LogP contribution is -2.30. The van der Waals surface area contributed by atoms with Gasteiger partial charge in [-0.2, -0.15) is 5.10 Å². The number of benzene rings is 1. The molecule has 1 aromatic carbocycles. The Labute approximate surface area is 160 Å². The smallest absolute Gasteiger partial charge is 0.226 e. The lowest BCUT2D eigenvalue weighted by atomic mass is 9.87. The first kappa shape index (κ1) is 19.3. The van der Waals surface area contributed by atoms with Crippen molar-refractivity contribution in [3.63, 3.8) is 0 Å². The second-order valence-corrected chi connectivity index (χ2v) is 8.45. The molecular formula is C21H29N3O3. The van der Waals surface area contributed by atoms with Crippen LogP contribution in [0, 0.1) is 5.92 Å². The molecule has 1 aliphatic heterocycles. The number of rotatable bonds is 5. The average Bonchev–Trinajstić information content (AvgIpc) is 3.03. The molecule has 27 heavy (non-hydrogen) atoms. The molecule has 6 heteroatoms. The van der Waals surface area contributed by atoms with Crippen molar-refractivity contribution in [2.24, 2.45) is 5.92 Å². The second kappa shape index (κ2) is 7.25. The third-order valence-corrected chi connectivity index (χ3v) is 4.62. The summed E-state index contributed by atoms with van der Waals surface area (Å²) in [7, 11) is 1.64. The molecule has 0 fully saturated rings. The second-order valence-electron chi connectivity index (χ2n) is 8.45. The summed E-state index contributed by atoms with van der Waals surface area (Å²) in [4.78, 5) is 12.4. The molecule has 1 N–H and O–H groups in total. The minimum Gasteiger partial charge on any atom is -0.493 e. The highest BCUT2D eigenvalue weighted by atomic mass is 16.5. The van der Waals surface area contributed by atoms with E-state index >= 15 is 0 Å². The number of hydrogen-bond acceptors (Lipinski definition) is 4. The number of fused-ring (bicyclic) bond motifs is 1. The van der Waals surface area contributed by atoms with Crippen molar-refractivity contribution in [2.45, 2.75) is 52.5 Å². The summed E-state index contributed by atoms with van der Waals surface area (Å²) in [6.45, 7) is 11.1. The number of anilines is 1. The van der Waals surface area contributed by atoms with Gasteiger partial charge in [-0.25, -0.2) is 4.68 Å². The van der Waals surface area contributed by atoms with Crippen molar-refractivity contribution < 1.29 is 14.3 Å². The number of nitrogens with zero attached hydrogens (tertiary/aromatic N) is 2. The Balaban J connectivity index is 1.98. The van der Waals surface area contributed by atoms with E-state index < -0.39 is 0 Å². The van der Waals surface area contributed by atoms with E-state index in [4.69, 9.17) is 9.47 Å². The number of nitrogens with one attached hydrogen (secondary N) is 1. The highest BCUT2D eigenvalue weighted by molar-refractivity contribution is 5.94. The van der Waals surface area contributed by atoms with E-state index in [9.17, 15) is 4.79 Å². The Kier molecular flexibility index (Phi) is 5.18. The lowest BCUT2D eigenvalue weighted by Gasteiger charge is -2.28. The van der Waals surface area contributed by atoms with Crippen LogP contribution in [0.15, 0.2) is 24.4 Å². The molecule has 0 aliphatic carbocycles. The molecule has 1 atom stereocenters. The number of aromatic nitrogens is 2. The third-order valence-electron chi connectivity index (χ3n) is 4.62. The van der Waals surface area contributed by atoms with Crippen LogP contribution >= 0.6 is 0 Å². The lowest BCUT2D eigenvalue weighted by molar-refractivity contribution is -0.116. The van der Waals surface area contributed by atoms with Gasteiger partial charge in [0.2, 0.25) is 5.91 Å². The van der Waals surface area contributed by atoms with E-state index in [-0.39, 0.29) is 17.4 Å². The Morgan fingerprint density at radius 3 is 2.67 bits per heavy atom. The normalized spacial score (nSPS) is 16.9. The molecule has 0 spiro atoms. The van der Waals surface area contributed by atoms with E-state index in [1.807, 2.05) is 29.1 Å². The number of carbonyl (C=O) groups excluding carboxylic acids is 1. The largest absolute Gasteiger partial charge is 0.493 e. The minimum absolute atomic E-state index is 0.00222. The van der Waals surface area contributed by atoms with Gasteiger partial charge in [-0.1, -0.05) is 19.9 Å². The van der Waals surface area contributed by atoms with Crippen molar-refractivity contribution in [3.8, 4) is 11.5 Å². The van der Waals surface area contributed by atoms with Crippen LogP contribution < -0.4 is 14.8 Å². The molecule has 1 amide bonds. The first-order chi connectivity index (χ1) is 12.7. The maximum absolute atomic E-state index is 12.4. The Hall–Kier alpha value is -2.50. The summed E-state index contributed by atoms with van der Waals surface area (Å²) in [5.74, 6) is 2.56. The van der Waals surface area contributed by atoms with Crippen LogP contribution in [0.5, 0.6) is 11.5 Å². The van der Waals surface area contributed by atoms with Crippen molar-refractivity contribution in [1.82, 2.24) is 9.78 Å². The van der Waals surface area contributed by atoms with Crippen LogP contribution in [0.3, 0.4) is 0 Å². The summed E-state index contributed by atoms with van der Waals surface area (Å²) in [6.07, 6.45) is 2.25. The fraction of sp³-hybridized carbons (Fsp3) is 0.524. The predicted octanol–water partition coefficient (Wildman–Crippen LogP) is 4.16. The Morgan fingerprint density at radius 1 is 1.30 bits per heavy atom. The van der Waals surface area contributed by atoms with Crippen LogP contribution in [0.4, 0.5) is 5.82 Å². The molecular weight excluding hydrogens is 342 g/mol. The van der Waals surface area contributed by atoms with Gasteiger partial charge < -0.3 is 14.8 Å². The molecule has 2 heterocycles. The molecule has 0 saturated heterocycles. The van der Waals surface area contributed by atoms with Crippen LogP contribution in [0.25, 0.3) is 0 Å². The van der Waals surface area contributed by atoms with Gasteiger partial charge in [-0.15, -0.1) is 0 Å². The first-order valence-corrected chi connectivity index (χ1v) is 9.39. The van der Waals surface area contributed by atoms with Gasteiger partial charge >= 0.3 is 0 Å². The van der Waals surface area contributed by atoms with Gasteiger partial charge in [0.25, 0.3) is 0 Å². The van der Waals surface area contributed by atoms with E-state index in [1.54, 1.807) is 7.11 Å². The SMILES string of the molecule is COc1cc(C2CC(=O)Nc3c2cnn3C(C)(C)C)ccc1OCC(C)C. The molecule has 0 saturated carbocycles. The number of methoxy groups -OCH3 is 1. The Morgan fingerprint density at radius 2 is 2.04 bits per heavy atom. The van der Waals surface area contributed by atoms with Crippen LogP contribution in [-0.2, 0) is 10.3 Å². The van der Waals surface area contributed by atoms with Gasteiger partial charge in [-0.3, -0.25) is 4.79 Å². The molecule has 0 bridgehead atoms. The van der Waals surface area contributed by atoms with Crippen molar-refractivity contribution in [1.29, 1.82) is 0 Å². The maximum atomic E-state index is 12.4. The van der Waals surface area contributed by atoms with E-state index in [1.165, 1.54) is 0 Å². The zero-order valence-electron chi connectivity index (χ0n) is 17.0. The zero-order valence-corrected chi connectivity index (χ0v) is 17.0. The van der Waals surface area contributed by atoms with E-state index in [0.717, 1.165) is 22.7 Å². The van der Waals surface area contributed by atoms with Gasteiger partial charge in [-0.05, 0) is 44.4 Å². The van der Waals surface area contributed by atoms with Crippen LogP contribution in [-0.4, -0.2) is 29.4 Å². The molecule has 1 unspecified atom stereocenters. The molecule has 0 radical (unpaired) electrons. The monoisotopic (exact) mass is 371 g/mol. The number of carbonyl (C=O) groups is 1. The summed E-state index contributed by atoms with van der Waals surface area (Å²) in [5.41, 5.74) is 1.84.